The van der Waals surface area contributed by atoms with Gasteiger partial charge >= 0.3 is 0 Å². The summed E-state index contributed by atoms with van der Waals surface area (Å²) in [6, 6.07) is 0. The summed E-state index contributed by atoms with van der Waals surface area (Å²) in [4.78, 5) is 13.5. The molecule has 0 bridgehead atoms. The first-order valence-electron chi connectivity index (χ1n) is 8.06. The Hall–Kier alpha value is -1.85. The van der Waals surface area contributed by atoms with E-state index in [9.17, 15) is 0 Å². The van der Waals surface area contributed by atoms with Gasteiger partial charge in [0, 0.05) is 0 Å². The summed E-state index contributed by atoms with van der Waals surface area (Å²) in [5, 5.41) is 0.808. The number of halogens is 2. The Morgan fingerprint density at radius 1 is 0.760 bits per heavy atom. The van der Waals surface area contributed by atoms with Crippen LogP contribution in [0, 0.1) is 6.92 Å². The molecule has 0 fully saturated rings. The lowest BCUT2D eigenvalue weighted by atomic mass is 10.1. The van der Waals surface area contributed by atoms with Gasteiger partial charge in [-0.25, -0.2) is 15.0 Å². The molecule has 3 aromatic rings. The summed E-state index contributed by atoms with van der Waals surface area (Å²) in [6.45, 7) is 9.97. The van der Waals surface area contributed by atoms with Gasteiger partial charge in [0.25, 0.3) is 0 Å². The summed E-state index contributed by atoms with van der Waals surface area (Å²) in [7, 11) is 0. The molecule has 0 aliphatic carbocycles. The van der Waals surface area contributed by atoms with Crippen LogP contribution in [0.3, 0.4) is 0 Å². The van der Waals surface area contributed by atoms with Crippen molar-refractivity contribution >= 4 is 23.2 Å². The van der Waals surface area contributed by atoms with Crippen LogP contribution in [0.1, 0.15) is 56.5 Å². The van der Waals surface area contributed by atoms with E-state index in [4.69, 9.17) is 32.0 Å². The molecule has 0 aliphatic rings. The third-order valence-corrected chi connectivity index (χ3v) is 4.85. The fourth-order valence-electron chi connectivity index (χ4n) is 2.27. The highest BCUT2D eigenvalue weighted by atomic mass is 35.5. The second-order valence-electron chi connectivity index (χ2n) is 6.53. The Kier molecular flexibility index (Phi) is 4.89. The van der Waals surface area contributed by atoms with Crippen LogP contribution in [0.25, 0.3) is 23.2 Å². The lowest BCUT2D eigenvalue weighted by Gasteiger charge is -2.08. The van der Waals surface area contributed by atoms with E-state index in [1.807, 2.05) is 34.6 Å². The molecule has 0 radical (unpaired) electrons. The monoisotopic (exact) mass is 379 g/mol. The first-order valence-corrected chi connectivity index (χ1v) is 8.82. The molecule has 0 spiro atoms. The molecule has 3 aromatic heterocycles. The van der Waals surface area contributed by atoms with Crippen LogP contribution in [0.4, 0.5) is 0 Å². The number of oxazole rings is 2. The van der Waals surface area contributed by atoms with Crippen molar-refractivity contribution in [2.45, 2.75) is 46.5 Å². The molecule has 0 aliphatic heterocycles. The molecule has 0 saturated heterocycles. The second-order valence-corrected chi connectivity index (χ2v) is 7.28. The third kappa shape index (κ3) is 3.31. The maximum absolute atomic E-state index is 6.44. The topological polar surface area (TPSA) is 65.0 Å². The molecule has 0 N–H and O–H groups in total. The molecular formula is C18H19Cl2N3O2. The summed E-state index contributed by atoms with van der Waals surface area (Å²) in [5.74, 6) is 1.18. The van der Waals surface area contributed by atoms with Crippen LogP contribution >= 0.6 is 23.2 Å². The molecule has 0 aromatic carbocycles. The van der Waals surface area contributed by atoms with Gasteiger partial charge in [-0.3, -0.25) is 0 Å². The fraction of sp³-hybridized carbons (Fsp3) is 0.389. The highest BCUT2D eigenvalue weighted by molar-refractivity contribution is 6.38. The van der Waals surface area contributed by atoms with Gasteiger partial charge in [0.15, 0.2) is 0 Å². The Morgan fingerprint density at radius 2 is 1.16 bits per heavy atom. The summed E-state index contributed by atoms with van der Waals surface area (Å²) < 4.78 is 11.1. The van der Waals surface area contributed by atoms with E-state index in [1.54, 1.807) is 12.5 Å². The van der Waals surface area contributed by atoms with Crippen molar-refractivity contribution < 1.29 is 8.83 Å². The van der Waals surface area contributed by atoms with E-state index in [1.165, 1.54) is 0 Å². The first-order chi connectivity index (χ1) is 11.8. The zero-order chi connectivity index (χ0) is 18.3. The van der Waals surface area contributed by atoms with Gasteiger partial charge in [-0.1, -0.05) is 50.9 Å². The number of pyridine rings is 1. The van der Waals surface area contributed by atoms with Crippen LogP contribution in [0.15, 0.2) is 21.4 Å². The molecule has 0 atom stereocenters. The molecule has 25 heavy (non-hydrogen) atoms. The minimum Gasteiger partial charge on any atom is -0.443 e. The lowest BCUT2D eigenvalue weighted by molar-refractivity contribution is 0.564. The first kappa shape index (κ1) is 18.0. The molecule has 3 rings (SSSR count). The lowest BCUT2D eigenvalue weighted by Crippen LogP contribution is -1.96. The normalized spacial score (nSPS) is 11.7. The maximum Gasteiger partial charge on any atom is 0.246 e. The van der Waals surface area contributed by atoms with Gasteiger partial charge in [-0.15, -0.1) is 0 Å². The number of rotatable bonds is 4. The smallest absolute Gasteiger partial charge is 0.246 e. The van der Waals surface area contributed by atoms with Crippen LogP contribution in [0.2, 0.25) is 10.0 Å². The number of nitrogens with zero attached hydrogens (tertiary/aromatic N) is 3. The van der Waals surface area contributed by atoms with Crippen LogP contribution < -0.4 is 0 Å². The summed E-state index contributed by atoms with van der Waals surface area (Å²) in [6.07, 6.45) is 3.23. The molecule has 3 heterocycles. The molecule has 0 amide bonds. The molecule has 132 valence electrons. The van der Waals surface area contributed by atoms with Crippen LogP contribution in [-0.2, 0) is 0 Å². The SMILES string of the molecule is Cc1c(Cl)c(-c2nc(C(C)C)co2)nc(-c2nc(C(C)C)co2)c1Cl. The predicted molar refractivity (Wildman–Crippen MR) is 98.2 cm³/mol. The Morgan fingerprint density at radius 3 is 1.48 bits per heavy atom. The van der Waals surface area contributed by atoms with Crippen molar-refractivity contribution in [3.63, 3.8) is 0 Å². The molecule has 5 nitrogen and oxygen atoms in total. The van der Waals surface area contributed by atoms with Crippen molar-refractivity contribution in [1.29, 1.82) is 0 Å². The van der Waals surface area contributed by atoms with E-state index in [2.05, 4.69) is 15.0 Å². The molecular weight excluding hydrogens is 361 g/mol. The Labute approximate surface area is 156 Å². The standard InChI is InChI=1S/C18H19Cl2N3O2/c1-8(2)11-6-24-17(21-11)15-13(19)10(5)14(20)16(23-15)18-22-12(7-25-18)9(3)4/h6-9H,1-5H3. The Balaban J connectivity index is 2.15. The van der Waals surface area contributed by atoms with Crippen molar-refractivity contribution in [1.82, 2.24) is 15.0 Å². The van der Waals surface area contributed by atoms with E-state index in [0.29, 0.717) is 38.8 Å². The Bertz CT molecular complexity index is 843. The zero-order valence-electron chi connectivity index (χ0n) is 14.7. The van der Waals surface area contributed by atoms with Crippen LogP contribution in [0.5, 0.6) is 0 Å². The van der Waals surface area contributed by atoms with Crippen LogP contribution in [-0.4, -0.2) is 15.0 Å². The third-order valence-electron chi connectivity index (χ3n) is 3.93. The predicted octanol–water partition coefficient (Wildman–Crippen LogP) is 6.25. The number of aromatic nitrogens is 3. The molecule has 0 saturated carbocycles. The highest BCUT2D eigenvalue weighted by Gasteiger charge is 2.23. The maximum atomic E-state index is 6.44. The van der Waals surface area contributed by atoms with E-state index in [0.717, 1.165) is 11.4 Å². The van der Waals surface area contributed by atoms with Gasteiger partial charge in [0.2, 0.25) is 11.8 Å². The van der Waals surface area contributed by atoms with E-state index >= 15 is 0 Å². The average molecular weight is 380 g/mol. The minimum atomic E-state index is 0.240. The van der Waals surface area contributed by atoms with Crippen molar-refractivity contribution in [3.05, 3.63) is 39.5 Å². The van der Waals surface area contributed by atoms with Gasteiger partial charge in [-0.05, 0) is 24.3 Å². The van der Waals surface area contributed by atoms with Crippen molar-refractivity contribution in [2.75, 3.05) is 0 Å². The molecule has 0 unspecified atom stereocenters. The number of hydrogen-bond acceptors (Lipinski definition) is 5. The summed E-state index contributed by atoms with van der Waals surface area (Å²) in [5.41, 5.74) is 3.20. The molecule has 7 heteroatoms. The second kappa shape index (κ2) is 6.81. The van der Waals surface area contributed by atoms with Crippen molar-refractivity contribution in [3.8, 4) is 23.2 Å². The largest absolute Gasteiger partial charge is 0.443 e. The average Bonchev–Trinajstić information content (AvgIpc) is 3.22. The highest BCUT2D eigenvalue weighted by Crippen LogP contribution is 2.38. The van der Waals surface area contributed by atoms with E-state index in [-0.39, 0.29) is 11.8 Å². The number of hydrogen-bond donors (Lipinski definition) is 0. The summed E-state index contributed by atoms with van der Waals surface area (Å²) >= 11 is 12.9. The van der Waals surface area contributed by atoms with E-state index < -0.39 is 0 Å². The quantitative estimate of drug-likeness (QED) is 0.535. The zero-order valence-corrected chi connectivity index (χ0v) is 16.2. The fourth-order valence-corrected chi connectivity index (χ4v) is 2.75. The van der Waals surface area contributed by atoms with Crippen molar-refractivity contribution in [2.24, 2.45) is 0 Å². The van der Waals surface area contributed by atoms with Gasteiger partial charge in [0.05, 0.1) is 21.4 Å². The van der Waals surface area contributed by atoms with Gasteiger partial charge in [-0.2, -0.15) is 0 Å². The minimum absolute atomic E-state index is 0.240. The van der Waals surface area contributed by atoms with Gasteiger partial charge in [0.1, 0.15) is 23.9 Å². The van der Waals surface area contributed by atoms with Gasteiger partial charge < -0.3 is 8.83 Å².